The van der Waals surface area contributed by atoms with Crippen molar-refractivity contribution >= 4 is 65.6 Å². The van der Waals surface area contributed by atoms with Gasteiger partial charge in [-0.05, 0) is 27.7 Å². The van der Waals surface area contributed by atoms with E-state index in [1.807, 2.05) is 0 Å². The Hall–Kier alpha value is -5.02. The molecule has 0 nitrogen and oxygen atoms in total. The number of halogens is 2. The van der Waals surface area contributed by atoms with Gasteiger partial charge in [0.05, 0.1) is 0 Å². The van der Waals surface area contributed by atoms with E-state index in [1.54, 1.807) is 0 Å². The summed E-state index contributed by atoms with van der Waals surface area (Å²) in [5.74, 6) is 0. The third-order valence-corrected chi connectivity index (χ3v) is 20.0. The van der Waals surface area contributed by atoms with Crippen LogP contribution in [-0.4, -0.2) is 22.6 Å². The molecule has 10 aromatic carbocycles. The molecular formula is C72H72Cl2Si2Zr2-2. The zero-order valence-corrected chi connectivity index (χ0v) is 55.5. The van der Waals surface area contributed by atoms with E-state index in [-0.39, 0.29) is 24.8 Å². The van der Waals surface area contributed by atoms with Crippen molar-refractivity contribution in [1.29, 1.82) is 0 Å². The van der Waals surface area contributed by atoms with Crippen LogP contribution in [0.4, 0.5) is 0 Å². The number of rotatable bonds is 6. The molecule has 0 aromatic heterocycles. The van der Waals surface area contributed by atoms with E-state index >= 15 is 0 Å². The molecule has 0 bridgehead atoms. The zero-order valence-electron chi connectivity index (χ0n) is 47.1. The molecule has 0 heterocycles. The summed E-state index contributed by atoms with van der Waals surface area (Å²) in [7, 11) is -2.01. The minimum absolute atomic E-state index is 0. The first-order valence-electron chi connectivity index (χ1n) is 26.5. The molecule has 10 aromatic rings. The van der Waals surface area contributed by atoms with Gasteiger partial charge in [-0.2, -0.15) is 12.2 Å². The van der Waals surface area contributed by atoms with Crippen molar-refractivity contribution in [1.82, 2.24) is 0 Å². The molecule has 0 fully saturated rings. The molecule has 0 saturated carbocycles. The summed E-state index contributed by atoms with van der Waals surface area (Å²) in [6.45, 7) is 22.7. The molecule has 0 aliphatic heterocycles. The van der Waals surface area contributed by atoms with E-state index in [2.05, 4.69) is 310 Å². The maximum absolute atomic E-state index is 3.36. The van der Waals surface area contributed by atoms with Gasteiger partial charge in [-0.25, -0.2) is 22.5 Å². The summed E-state index contributed by atoms with van der Waals surface area (Å²) in [6.07, 6.45) is 17.6. The SMILES string of the molecule is C[Si](C)(C)C1=[C-]CC=C1.C[Si](C)(C)C1=[C-]CC=C1.Cc1ccc2c(c1)[cH-]c1cc(C)ccc12.Cc1ccc2c(c1)[cH-]c1cc(C)ccc12.[Cl-].[Cl-].[Zr+2]=[C](c1ccccc1)c1ccccc1.[Zr+2]=[C](c1ccccc1)c1ccccc1. The topological polar surface area (TPSA) is 0 Å². The van der Waals surface area contributed by atoms with Gasteiger partial charge in [-0.15, -0.1) is 92.3 Å². The molecule has 2 aliphatic carbocycles. The van der Waals surface area contributed by atoms with Crippen molar-refractivity contribution in [2.75, 3.05) is 0 Å². The Morgan fingerprint density at radius 2 is 0.590 bits per heavy atom. The molecule has 0 N–H and O–H groups in total. The Kier molecular flexibility index (Phi) is 25.0. The molecule has 78 heavy (non-hydrogen) atoms. The normalized spacial score (nSPS) is 12.1. The Balaban J connectivity index is 0.000000173. The summed E-state index contributed by atoms with van der Waals surface area (Å²) in [4.78, 5) is 0. The molecule has 12 rings (SSSR count). The Morgan fingerprint density at radius 1 is 0.359 bits per heavy atom. The van der Waals surface area contributed by atoms with Gasteiger partial charge in [0, 0.05) is 16.1 Å². The Bertz CT molecular complexity index is 3220. The van der Waals surface area contributed by atoms with Crippen molar-refractivity contribution in [3.05, 3.63) is 298 Å². The van der Waals surface area contributed by atoms with Crippen LogP contribution in [0.1, 0.15) is 57.3 Å². The van der Waals surface area contributed by atoms with Crippen LogP contribution >= 0.6 is 0 Å². The summed E-state index contributed by atoms with van der Waals surface area (Å²) < 4.78 is 2.83. The number of hydrogen-bond donors (Lipinski definition) is 0. The number of aryl methyl sites for hydroxylation is 4. The fourth-order valence-corrected chi connectivity index (χ4v) is 13.3. The second kappa shape index (κ2) is 30.5. The first-order valence-corrected chi connectivity index (χ1v) is 36.0. The second-order valence-corrected chi connectivity index (χ2v) is 34.3. The van der Waals surface area contributed by atoms with Crippen LogP contribution in [0.25, 0.3) is 43.1 Å². The third kappa shape index (κ3) is 18.5. The van der Waals surface area contributed by atoms with Crippen molar-refractivity contribution < 1.29 is 73.3 Å². The molecule has 2 aliphatic rings. The van der Waals surface area contributed by atoms with Gasteiger partial charge >= 0.3 is 198 Å². The number of fused-ring (bicyclic) bond motifs is 6. The van der Waals surface area contributed by atoms with E-state index in [1.165, 1.54) is 153 Å². The molecule has 0 spiro atoms. The fraction of sp³-hybridized carbons (Fsp3) is 0.167. The van der Waals surface area contributed by atoms with E-state index < -0.39 is 16.1 Å². The average Bonchev–Trinajstić information content (AvgIpc) is 4.30. The standard InChI is InChI=1S/2C15H13.2C13H10.2C8H13Si.2ClH.2Zr/c2*1-10-3-5-14-12(7-10)9-13-8-11(2)4-6-15(13)14;2*1-3-7-12(8-4-1)11-13-9-5-2-6-10-13;2*1-9(2,3)8-6-4-5-7-8;;;;/h2*3-9H,1-2H3;2*1-10H;2*4,6H,5H2,1-3H3;2*1H;;/q2*-1;;;2*-1;;;2*+2/p-2. The Morgan fingerprint density at radius 3 is 0.769 bits per heavy atom. The van der Waals surface area contributed by atoms with Crippen LogP contribution in [-0.2, 0) is 48.5 Å². The predicted molar refractivity (Wildman–Crippen MR) is 333 cm³/mol. The van der Waals surface area contributed by atoms with Crippen LogP contribution in [0.15, 0.2) is 241 Å². The van der Waals surface area contributed by atoms with Gasteiger partial charge in [0.2, 0.25) is 0 Å². The van der Waals surface area contributed by atoms with Crippen LogP contribution in [0.3, 0.4) is 0 Å². The predicted octanol–water partition coefficient (Wildman–Crippen LogP) is 13.4. The van der Waals surface area contributed by atoms with Gasteiger partial charge < -0.3 is 24.8 Å². The van der Waals surface area contributed by atoms with Gasteiger partial charge in [-0.1, -0.05) is 110 Å². The molecule has 0 amide bonds. The van der Waals surface area contributed by atoms with E-state index in [4.69, 9.17) is 0 Å². The number of benzene rings is 8. The van der Waals surface area contributed by atoms with Crippen LogP contribution in [0.2, 0.25) is 39.3 Å². The summed E-state index contributed by atoms with van der Waals surface area (Å²) in [5.41, 5.74) is 10.6. The first-order chi connectivity index (χ1) is 36.4. The summed E-state index contributed by atoms with van der Waals surface area (Å²) in [5, 5.41) is 13.9. The van der Waals surface area contributed by atoms with Crippen molar-refractivity contribution in [3.63, 3.8) is 0 Å². The van der Waals surface area contributed by atoms with E-state index in [0.717, 1.165) is 12.8 Å². The maximum atomic E-state index is 3.36. The monoisotopic (exact) mass is 1240 g/mol. The molecular weight excluding hydrogens is 1170 g/mol. The van der Waals surface area contributed by atoms with Crippen molar-refractivity contribution in [2.24, 2.45) is 0 Å². The van der Waals surface area contributed by atoms with Crippen molar-refractivity contribution in [2.45, 2.75) is 79.8 Å². The molecule has 0 saturated heterocycles. The third-order valence-electron chi connectivity index (χ3n) is 13.3. The second-order valence-electron chi connectivity index (χ2n) is 21.8. The number of hydrogen-bond acceptors (Lipinski definition) is 0. The van der Waals surface area contributed by atoms with Crippen molar-refractivity contribution in [3.8, 4) is 0 Å². The fourth-order valence-electron chi connectivity index (χ4n) is 9.11. The molecule has 0 unspecified atom stereocenters. The van der Waals surface area contributed by atoms with Gasteiger partial charge in [0.25, 0.3) is 0 Å². The number of allylic oxidation sites excluding steroid dienone is 8. The molecule has 0 atom stereocenters. The van der Waals surface area contributed by atoms with Crippen LogP contribution in [0.5, 0.6) is 0 Å². The Labute approximate surface area is 511 Å². The first kappa shape index (κ1) is 63.8. The van der Waals surface area contributed by atoms with Crippen LogP contribution in [0, 0.1) is 39.8 Å². The quantitative estimate of drug-likeness (QED) is 0.115. The summed E-state index contributed by atoms with van der Waals surface area (Å²) in [6, 6.07) is 73.4. The van der Waals surface area contributed by atoms with E-state index in [9.17, 15) is 0 Å². The van der Waals surface area contributed by atoms with E-state index in [0.29, 0.717) is 0 Å². The van der Waals surface area contributed by atoms with Gasteiger partial charge in [0.1, 0.15) is 0 Å². The molecule has 392 valence electrons. The zero-order chi connectivity index (χ0) is 54.2. The minimum atomic E-state index is -1.01. The summed E-state index contributed by atoms with van der Waals surface area (Å²) >= 11 is 2.92. The molecule has 0 radical (unpaired) electrons. The molecule has 6 heteroatoms. The van der Waals surface area contributed by atoms with Gasteiger partial charge in [0.15, 0.2) is 0 Å². The van der Waals surface area contributed by atoms with Crippen LogP contribution < -0.4 is 24.8 Å². The average molecular weight is 1250 g/mol. The van der Waals surface area contributed by atoms with Gasteiger partial charge in [-0.3, -0.25) is 12.2 Å².